The summed E-state index contributed by atoms with van der Waals surface area (Å²) in [5.41, 5.74) is 6.00. The van der Waals surface area contributed by atoms with Crippen molar-refractivity contribution in [1.29, 1.82) is 0 Å². The lowest BCUT2D eigenvalue weighted by atomic mass is 10.2. The van der Waals surface area contributed by atoms with Gasteiger partial charge in [-0.05, 0) is 18.2 Å². The molecule has 0 spiro atoms. The molecular weight excluding hydrogens is 250 g/mol. The van der Waals surface area contributed by atoms with E-state index in [1.54, 1.807) is 6.07 Å². The van der Waals surface area contributed by atoms with Gasteiger partial charge >= 0.3 is 0 Å². The zero-order valence-electron chi connectivity index (χ0n) is 8.20. The van der Waals surface area contributed by atoms with E-state index in [1.807, 2.05) is 0 Å². The van der Waals surface area contributed by atoms with E-state index < -0.39 is 10.2 Å². The normalized spacial score (nSPS) is 10.4. The summed E-state index contributed by atoms with van der Waals surface area (Å²) in [5.74, 6) is 5.39. The molecule has 0 aliphatic heterocycles. The van der Waals surface area contributed by atoms with Gasteiger partial charge in [0.25, 0.3) is 10.2 Å². The van der Waals surface area contributed by atoms with E-state index in [2.05, 4.69) is 16.6 Å². The average molecular weight is 260 g/mol. The number of hydrogen-bond acceptors (Lipinski definition) is 3. The lowest BCUT2D eigenvalue weighted by molar-refractivity contribution is 0.603. The second-order valence-corrected chi connectivity index (χ2v) is 4.55. The molecule has 0 radical (unpaired) electrons. The lowest BCUT2D eigenvalue weighted by Gasteiger charge is -2.05. The molecule has 1 rings (SSSR count). The van der Waals surface area contributed by atoms with Gasteiger partial charge in [-0.2, -0.15) is 8.42 Å². The highest BCUT2D eigenvalue weighted by atomic mass is 35.5. The molecule has 0 heterocycles. The van der Waals surface area contributed by atoms with Gasteiger partial charge in [0.15, 0.2) is 0 Å². The summed E-state index contributed by atoms with van der Waals surface area (Å²) in [5, 5.41) is 5.08. The van der Waals surface area contributed by atoms with Gasteiger partial charge in [-0.1, -0.05) is 23.4 Å². The van der Waals surface area contributed by atoms with Crippen molar-refractivity contribution in [2.45, 2.75) is 0 Å². The Morgan fingerprint density at radius 2 is 2.12 bits per heavy atom. The van der Waals surface area contributed by atoms with Gasteiger partial charge in [0.2, 0.25) is 0 Å². The van der Waals surface area contributed by atoms with Gasteiger partial charge in [0.1, 0.15) is 0 Å². The van der Waals surface area contributed by atoms with Crippen LogP contribution >= 0.6 is 11.6 Å². The molecule has 0 aliphatic rings. The number of nitrogens with two attached hydrogens (primary N) is 2. The van der Waals surface area contributed by atoms with Gasteiger partial charge in [0, 0.05) is 5.56 Å². The maximum absolute atomic E-state index is 10.8. The quantitative estimate of drug-likeness (QED) is 0.665. The van der Waals surface area contributed by atoms with Crippen molar-refractivity contribution < 1.29 is 8.42 Å². The molecule has 1 aromatic rings. The average Bonchev–Trinajstić information content (AvgIpc) is 2.17. The second kappa shape index (κ2) is 5.18. The predicted octanol–water partition coefficient (Wildman–Crippen LogP) is 0.266. The zero-order chi connectivity index (χ0) is 12.2. The van der Waals surface area contributed by atoms with E-state index in [9.17, 15) is 8.42 Å². The molecule has 0 aliphatic carbocycles. The van der Waals surface area contributed by atoms with E-state index in [0.717, 1.165) is 0 Å². The zero-order valence-corrected chi connectivity index (χ0v) is 9.77. The first-order chi connectivity index (χ1) is 7.42. The number of halogens is 1. The minimum atomic E-state index is -3.84. The van der Waals surface area contributed by atoms with Crippen molar-refractivity contribution in [3.05, 3.63) is 28.8 Å². The number of hydrogen-bond donors (Lipinski definition) is 3. The van der Waals surface area contributed by atoms with Crippen LogP contribution < -0.4 is 15.6 Å². The Kier molecular flexibility index (Phi) is 4.15. The molecule has 86 valence electrons. The molecule has 0 aromatic heterocycles. The number of nitrogens with one attached hydrogen (secondary N) is 1. The first-order valence-corrected chi connectivity index (χ1v) is 6.14. The predicted molar refractivity (Wildman–Crippen MR) is 64.1 cm³/mol. The summed E-state index contributed by atoms with van der Waals surface area (Å²) >= 11 is 5.78. The molecule has 5 nitrogen and oxygen atoms in total. The molecular formula is C9H10ClN3O2S. The summed E-state index contributed by atoms with van der Waals surface area (Å²) in [6.07, 6.45) is 0. The maximum Gasteiger partial charge on any atom is 0.296 e. The van der Waals surface area contributed by atoms with Crippen LogP contribution in [0.25, 0.3) is 0 Å². The minimum absolute atomic E-state index is 0.188. The Morgan fingerprint density at radius 3 is 2.69 bits per heavy atom. The lowest BCUT2D eigenvalue weighted by Crippen LogP contribution is -2.21. The monoisotopic (exact) mass is 259 g/mol. The number of benzene rings is 1. The highest BCUT2D eigenvalue weighted by Crippen LogP contribution is 2.23. The molecule has 0 bridgehead atoms. The van der Waals surface area contributed by atoms with Gasteiger partial charge in [0.05, 0.1) is 17.3 Å². The van der Waals surface area contributed by atoms with Crippen molar-refractivity contribution in [3.8, 4) is 11.8 Å². The van der Waals surface area contributed by atoms with E-state index in [0.29, 0.717) is 5.56 Å². The van der Waals surface area contributed by atoms with Crippen LogP contribution in [0.15, 0.2) is 18.2 Å². The van der Waals surface area contributed by atoms with Crippen LogP contribution in [0.3, 0.4) is 0 Å². The van der Waals surface area contributed by atoms with Gasteiger partial charge < -0.3 is 5.73 Å². The smallest absolute Gasteiger partial charge is 0.296 e. The molecule has 1 aromatic carbocycles. The van der Waals surface area contributed by atoms with Crippen molar-refractivity contribution in [2.75, 3.05) is 11.3 Å². The van der Waals surface area contributed by atoms with Crippen LogP contribution in [0, 0.1) is 11.8 Å². The highest BCUT2D eigenvalue weighted by molar-refractivity contribution is 7.90. The summed E-state index contributed by atoms with van der Waals surface area (Å²) < 4.78 is 23.7. The molecule has 0 atom stereocenters. The van der Waals surface area contributed by atoms with Crippen molar-refractivity contribution in [3.63, 3.8) is 0 Å². The van der Waals surface area contributed by atoms with Crippen LogP contribution in [0.1, 0.15) is 5.56 Å². The highest BCUT2D eigenvalue weighted by Gasteiger charge is 2.06. The van der Waals surface area contributed by atoms with E-state index in [-0.39, 0.29) is 17.3 Å². The fraction of sp³-hybridized carbons (Fsp3) is 0.111. The third-order valence-corrected chi connectivity index (χ3v) is 2.39. The first kappa shape index (κ1) is 12.8. The van der Waals surface area contributed by atoms with Gasteiger partial charge in [-0.3, -0.25) is 4.72 Å². The summed E-state index contributed by atoms with van der Waals surface area (Å²) in [6.45, 7) is 0.223. The molecule has 0 fully saturated rings. The van der Waals surface area contributed by atoms with Crippen LogP contribution in [-0.4, -0.2) is 15.0 Å². The van der Waals surface area contributed by atoms with Crippen LogP contribution in [0.4, 0.5) is 5.69 Å². The van der Waals surface area contributed by atoms with E-state index in [4.69, 9.17) is 22.5 Å². The molecule has 16 heavy (non-hydrogen) atoms. The minimum Gasteiger partial charge on any atom is -0.320 e. The van der Waals surface area contributed by atoms with E-state index >= 15 is 0 Å². The van der Waals surface area contributed by atoms with Crippen LogP contribution in [0.5, 0.6) is 0 Å². The number of anilines is 1. The molecule has 5 N–H and O–H groups in total. The Bertz CT molecular complexity index is 546. The standard InChI is InChI=1S/C9H10ClN3O2S/c10-8-4-3-7(2-1-5-11)6-9(8)13-16(12,14)15/h3-4,6,13H,5,11H2,(H2,12,14,15). The third-order valence-electron chi connectivity index (χ3n) is 1.55. The summed E-state index contributed by atoms with van der Waals surface area (Å²) in [7, 11) is -3.84. The molecule has 0 amide bonds. The van der Waals surface area contributed by atoms with Crippen molar-refractivity contribution in [1.82, 2.24) is 0 Å². The maximum atomic E-state index is 10.8. The SMILES string of the molecule is NCC#Cc1ccc(Cl)c(NS(N)(=O)=O)c1. The van der Waals surface area contributed by atoms with E-state index in [1.165, 1.54) is 12.1 Å². The van der Waals surface area contributed by atoms with Crippen LogP contribution in [0.2, 0.25) is 5.02 Å². The Morgan fingerprint density at radius 1 is 1.44 bits per heavy atom. The van der Waals surface area contributed by atoms with Gasteiger partial charge in [-0.25, -0.2) is 5.14 Å². The topological polar surface area (TPSA) is 98.2 Å². The second-order valence-electron chi connectivity index (χ2n) is 2.85. The molecule has 0 saturated carbocycles. The van der Waals surface area contributed by atoms with Gasteiger partial charge in [-0.15, -0.1) is 0 Å². The molecule has 7 heteroatoms. The Labute approximate surface area is 99.0 Å². The largest absolute Gasteiger partial charge is 0.320 e. The molecule has 0 saturated heterocycles. The summed E-state index contributed by atoms with van der Waals surface area (Å²) in [4.78, 5) is 0. The third kappa shape index (κ3) is 4.08. The van der Waals surface area contributed by atoms with Crippen molar-refractivity contribution >= 4 is 27.5 Å². The fourth-order valence-electron chi connectivity index (χ4n) is 0.988. The first-order valence-electron chi connectivity index (χ1n) is 4.21. The molecule has 0 unspecified atom stereocenters. The van der Waals surface area contributed by atoms with Crippen LogP contribution in [-0.2, 0) is 10.2 Å². The number of rotatable bonds is 2. The fourth-order valence-corrected chi connectivity index (χ4v) is 1.68. The van der Waals surface area contributed by atoms with Crippen molar-refractivity contribution in [2.24, 2.45) is 10.9 Å². The Hall–Kier alpha value is -1.26. The Balaban J connectivity index is 3.09. The summed E-state index contributed by atoms with van der Waals surface area (Å²) in [6, 6.07) is 4.66.